The van der Waals surface area contributed by atoms with E-state index in [4.69, 9.17) is 15.7 Å². The van der Waals surface area contributed by atoms with Gasteiger partial charge in [0.25, 0.3) is 0 Å². The third kappa shape index (κ3) is 3.50. The molecule has 1 aromatic heterocycles. The van der Waals surface area contributed by atoms with Crippen LogP contribution in [0.15, 0.2) is 18.3 Å². The number of rotatable bonds is 4. The predicted octanol–water partition coefficient (Wildman–Crippen LogP) is 2.65. The number of nitrogens with two attached hydrogens (primary N) is 1. The van der Waals surface area contributed by atoms with Crippen LogP contribution in [-0.4, -0.2) is 46.6 Å². The van der Waals surface area contributed by atoms with E-state index in [0.29, 0.717) is 30.4 Å². The zero-order valence-electron chi connectivity index (χ0n) is 17.8. The minimum absolute atomic E-state index is 0.100. The van der Waals surface area contributed by atoms with Crippen molar-refractivity contribution < 1.29 is 14.3 Å². The third-order valence-corrected chi connectivity index (χ3v) is 8.00. The Hall–Kier alpha value is -2.82. The first-order valence-corrected chi connectivity index (χ1v) is 11.2. The summed E-state index contributed by atoms with van der Waals surface area (Å²) in [6, 6.07) is 5.58. The summed E-state index contributed by atoms with van der Waals surface area (Å²) in [6.07, 6.45) is 6.47. The molecule has 2 heterocycles. The molecule has 1 aliphatic heterocycles. The van der Waals surface area contributed by atoms with Gasteiger partial charge < -0.3 is 20.7 Å². The van der Waals surface area contributed by atoms with Gasteiger partial charge in [0.1, 0.15) is 18.0 Å². The number of hydrogen-bond acceptors (Lipinski definition) is 6. The molecule has 4 bridgehead atoms. The monoisotopic (exact) mass is 423 g/mol. The average Bonchev–Trinajstić information content (AvgIpc) is 3.12. The number of anilines is 1. The largest absolute Gasteiger partial charge is 0.446 e. The summed E-state index contributed by atoms with van der Waals surface area (Å²) in [4.78, 5) is 31.2. The molecular formula is C23H29N5O3. The average molecular weight is 424 g/mol. The summed E-state index contributed by atoms with van der Waals surface area (Å²) in [5.74, 6) is 1.55. The summed E-state index contributed by atoms with van der Waals surface area (Å²) in [5.41, 5.74) is 5.60. The number of pyridine rings is 1. The number of carbonyl (C=O) groups excluding carboxylic acids is 2. The van der Waals surface area contributed by atoms with Crippen LogP contribution in [0.25, 0.3) is 0 Å². The maximum absolute atomic E-state index is 13.0. The van der Waals surface area contributed by atoms with Gasteiger partial charge in [0.2, 0.25) is 5.91 Å². The summed E-state index contributed by atoms with van der Waals surface area (Å²) in [6.45, 7) is 3.22. The van der Waals surface area contributed by atoms with Gasteiger partial charge in [-0.1, -0.05) is 0 Å². The van der Waals surface area contributed by atoms with Gasteiger partial charge >= 0.3 is 6.09 Å². The fourth-order valence-electron chi connectivity index (χ4n) is 6.72. The lowest BCUT2D eigenvalue weighted by Gasteiger charge is -2.58. The molecule has 0 spiro atoms. The van der Waals surface area contributed by atoms with Crippen LogP contribution in [0, 0.1) is 34.5 Å². The zero-order valence-corrected chi connectivity index (χ0v) is 17.8. The van der Waals surface area contributed by atoms with Gasteiger partial charge in [-0.15, -0.1) is 0 Å². The Kier molecular flexibility index (Phi) is 4.61. The van der Waals surface area contributed by atoms with Gasteiger partial charge in [-0.3, -0.25) is 4.79 Å². The second-order valence-electron chi connectivity index (χ2n) is 10.4. The predicted molar refractivity (Wildman–Crippen MR) is 113 cm³/mol. The van der Waals surface area contributed by atoms with Crippen molar-refractivity contribution in [3.05, 3.63) is 23.9 Å². The topological polar surface area (TPSA) is 121 Å². The molecule has 8 nitrogen and oxygen atoms in total. The Balaban J connectivity index is 1.21. The highest BCUT2D eigenvalue weighted by atomic mass is 16.6. The van der Waals surface area contributed by atoms with Gasteiger partial charge in [0.15, 0.2) is 0 Å². The maximum Gasteiger partial charge on any atom is 0.410 e. The lowest BCUT2D eigenvalue weighted by molar-refractivity contribution is -0.161. The molecule has 164 valence electrons. The van der Waals surface area contributed by atoms with E-state index in [1.54, 1.807) is 17.0 Å². The van der Waals surface area contributed by atoms with Crippen molar-refractivity contribution in [2.45, 2.75) is 57.1 Å². The smallest absolute Gasteiger partial charge is 0.410 e. The molecule has 5 fully saturated rings. The Morgan fingerprint density at radius 1 is 1.29 bits per heavy atom. The van der Waals surface area contributed by atoms with Crippen molar-refractivity contribution in [3.8, 4) is 6.07 Å². The first-order chi connectivity index (χ1) is 14.8. The fraction of sp³-hybridized carbons (Fsp3) is 0.652. The van der Waals surface area contributed by atoms with Gasteiger partial charge in [-0.2, -0.15) is 5.26 Å². The van der Waals surface area contributed by atoms with Crippen LogP contribution in [0.3, 0.4) is 0 Å². The van der Waals surface area contributed by atoms with E-state index in [9.17, 15) is 9.59 Å². The van der Waals surface area contributed by atoms with E-state index in [2.05, 4.69) is 23.3 Å². The SMILES string of the molecule is CC1(Nc2ccc(C#N)cn2)CCN(C(=O)OC2[C@@H]3CC4C[C@H]2CC(C(N)=O)(C4)C3)C1. The molecule has 1 saturated heterocycles. The molecule has 4 aliphatic carbocycles. The molecule has 3 N–H and O–H groups in total. The minimum atomic E-state index is -0.371. The number of carbonyl (C=O) groups is 2. The second-order valence-corrected chi connectivity index (χ2v) is 10.4. The van der Waals surface area contributed by atoms with Gasteiger partial charge in [0, 0.05) is 19.3 Å². The lowest BCUT2D eigenvalue weighted by Crippen LogP contribution is -2.59. The molecule has 4 unspecified atom stereocenters. The zero-order chi connectivity index (χ0) is 21.8. The lowest BCUT2D eigenvalue weighted by atomic mass is 9.48. The van der Waals surface area contributed by atoms with E-state index in [1.807, 2.05) is 0 Å². The van der Waals surface area contributed by atoms with Crippen molar-refractivity contribution in [2.24, 2.45) is 28.9 Å². The molecule has 5 aliphatic rings. The summed E-state index contributed by atoms with van der Waals surface area (Å²) in [7, 11) is 0. The van der Waals surface area contributed by atoms with Crippen molar-refractivity contribution >= 4 is 17.8 Å². The van der Waals surface area contributed by atoms with Crippen LogP contribution in [0.2, 0.25) is 0 Å². The van der Waals surface area contributed by atoms with Crippen molar-refractivity contribution in [2.75, 3.05) is 18.4 Å². The highest BCUT2D eigenvalue weighted by Gasteiger charge is 2.59. The molecule has 4 saturated carbocycles. The standard InChI is InChI=1S/C23H29N5O3/c1-22(27-18-3-2-14(11-24)12-26-18)4-5-28(13-22)21(30)31-19-16-6-15-7-17(19)10-23(8-15,9-16)20(25)29/h2-3,12,15-17,19H,4-10,13H2,1H3,(H2,25,29)(H,26,27)/t15?,16-,17+,19?,22?,23?. The summed E-state index contributed by atoms with van der Waals surface area (Å²) in [5, 5.41) is 12.3. The molecular weight excluding hydrogens is 394 g/mol. The molecule has 8 heteroatoms. The molecule has 6 rings (SSSR count). The number of nitrogens with one attached hydrogen (secondary N) is 1. The Morgan fingerprint density at radius 2 is 2.03 bits per heavy atom. The quantitative estimate of drug-likeness (QED) is 0.768. The second kappa shape index (κ2) is 7.11. The van der Waals surface area contributed by atoms with Gasteiger partial charge in [-0.05, 0) is 75.3 Å². The number of nitriles is 1. The normalized spacial score (nSPS) is 38.0. The van der Waals surface area contributed by atoms with Crippen LogP contribution >= 0.6 is 0 Å². The summed E-state index contributed by atoms with van der Waals surface area (Å²) >= 11 is 0. The van der Waals surface area contributed by atoms with E-state index in [0.717, 1.165) is 38.5 Å². The fourth-order valence-corrected chi connectivity index (χ4v) is 6.72. The maximum atomic E-state index is 13.0. The third-order valence-electron chi connectivity index (χ3n) is 8.00. The first kappa shape index (κ1) is 20.1. The Labute approximate surface area is 182 Å². The molecule has 2 amide bonds. The van der Waals surface area contributed by atoms with Crippen LogP contribution in [0.1, 0.15) is 51.0 Å². The van der Waals surface area contributed by atoms with Crippen LogP contribution in [0.4, 0.5) is 10.6 Å². The van der Waals surface area contributed by atoms with E-state index < -0.39 is 0 Å². The van der Waals surface area contributed by atoms with E-state index >= 15 is 0 Å². The molecule has 0 radical (unpaired) electrons. The van der Waals surface area contributed by atoms with Crippen molar-refractivity contribution in [1.29, 1.82) is 5.26 Å². The molecule has 0 aromatic carbocycles. The van der Waals surface area contributed by atoms with Crippen LogP contribution < -0.4 is 11.1 Å². The Morgan fingerprint density at radius 3 is 2.65 bits per heavy atom. The Bertz CT molecular complexity index is 926. The van der Waals surface area contributed by atoms with Crippen molar-refractivity contribution in [3.63, 3.8) is 0 Å². The van der Waals surface area contributed by atoms with Crippen LogP contribution in [0.5, 0.6) is 0 Å². The number of hydrogen-bond donors (Lipinski definition) is 2. The van der Waals surface area contributed by atoms with Gasteiger partial charge in [-0.25, -0.2) is 9.78 Å². The summed E-state index contributed by atoms with van der Waals surface area (Å²) < 4.78 is 6.07. The number of ether oxygens (including phenoxy) is 1. The van der Waals surface area contributed by atoms with Gasteiger partial charge in [0.05, 0.1) is 16.5 Å². The minimum Gasteiger partial charge on any atom is -0.446 e. The molecule has 1 aromatic rings. The number of amides is 2. The highest BCUT2D eigenvalue weighted by Crippen LogP contribution is 2.60. The first-order valence-electron chi connectivity index (χ1n) is 11.2. The molecule has 6 atom stereocenters. The number of nitrogens with zero attached hydrogens (tertiary/aromatic N) is 3. The van der Waals surface area contributed by atoms with E-state index in [-0.39, 0.29) is 40.9 Å². The van der Waals surface area contributed by atoms with E-state index in [1.165, 1.54) is 6.20 Å². The highest BCUT2D eigenvalue weighted by molar-refractivity contribution is 5.81. The number of primary amides is 1. The number of likely N-dealkylation sites (tertiary alicyclic amines) is 1. The van der Waals surface area contributed by atoms with Crippen LogP contribution in [-0.2, 0) is 9.53 Å². The number of aromatic nitrogens is 1. The van der Waals surface area contributed by atoms with Crippen molar-refractivity contribution in [1.82, 2.24) is 9.88 Å². The molecule has 31 heavy (non-hydrogen) atoms.